The van der Waals surface area contributed by atoms with Crippen LogP contribution in [-0.4, -0.2) is 17.8 Å². The van der Waals surface area contributed by atoms with Gasteiger partial charge in [0.15, 0.2) is 0 Å². The first-order chi connectivity index (χ1) is 16.4. The first-order valence-electron chi connectivity index (χ1n) is 9.95. The number of amides is 4. The Morgan fingerprint density at radius 3 is 2.44 bits per heavy atom. The molecule has 1 saturated heterocycles. The Hall–Kier alpha value is -3.74. The van der Waals surface area contributed by atoms with Gasteiger partial charge in [0.1, 0.15) is 17.9 Å². The van der Waals surface area contributed by atoms with Crippen LogP contribution in [0, 0.1) is 11.3 Å². The fraction of sp³-hybridized carbons (Fsp3) is 0.0400. The van der Waals surface area contributed by atoms with Gasteiger partial charge in [-0.1, -0.05) is 40.2 Å². The summed E-state index contributed by atoms with van der Waals surface area (Å²) in [6.07, 6.45) is 1.41. The van der Waals surface area contributed by atoms with E-state index in [2.05, 4.69) is 43.2 Å². The fourth-order valence-corrected chi connectivity index (χ4v) is 4.06. The second-order valence-corrected chi connectivity index (χ2v) is 8.95. The zero-order valence-corrected chi connectivity index (χ0v) is 20.6. The predicted molar refractivity (Wildman–Crippen MR) is 133 cm³/mol. The lowest BCUT2D eigenvalue weighted by Crippen LogP contribution is -2.54. The summed E-state index contributed by atoms with van der Waals surface area (Å²) in [5.74, 6) is -0.963. The molecule has 168 valence electrons. The number of barbiturate groups is 1. The van der Waals surface area contributed by atoms with Crippen LogP contribution in [0.2, 0.25) is 0 Å². The van der Waals surface area contributed by atoms with E-state index in [1.807, 2.05) is 12.1 Å². The standard InChI is InChI=1S/C25H15Br2N3O4/c26-18-6-8-19(9-7-18)30-24(32)20(23(31)29-25(30)33)11-15-5-10-22(21(27)12-15)34-14-17-4-2-1-3-16(17)13-28/h1-12H,14H2,(H,29,31,33)/b20-11+. The number of hydrogen-bond donors (Lipinski definition) is 1. The molecule has 0 aromatic heterocycles. The van der Waals surface area contributed by atoms with Gasteiger partial charge in [-0.2, -0.15) is 5.26 Å². The smallest absolute Gasteiger partial charge is 0.335 e. The van der Waals surface area contributed by atoms with Gasteiger partial charge in [0, 0.05) is 10.0 Å². The number of urea groups is 1. The van der Waals surface area contributed by atoms with Crippen LogP contribution in [0.15, 0.2) is 81.2 Å². The maximum atomic E-state index is 13.0. The highest BCUT2D eigenvalue weighted by molar-refractivity contribution is 9.10. The highest BCUT2D eigenvalue weighted by Gasteiger charge is 2.36. The Balaban J connectivity index is 1.56. The lowest BCUT2D eigenvalue weighted by Gasteiger charge is -2.26. The molecule has 0 bridgehead atoms. The van der Waals surface area contributed by atoms with Gasteiger partial charge in [-0.25, -0.2) is 9.69 Å². The summed E-state index contributed by atoms with van der Waals surface area (Å²) in [6, 6.07) is 20.1. The minimum Gasteiger partial charge on any atom is -0.488 e. The normalized spacial score (nSPS) is 14.7. The zero-order valence-electron chi connectivity index (χ0n) is 17.4. The molecule has 4 amide bonds. The summed E-state index contributed by atoms with van der Waals surface area (Å²) in [5, 5.41) is 11.4. The van der Waals surface area contributed by atoms with E-state index < -0.39 is 17.8 Å². The number of hydrogen-bond acceptors (Lipinski definition) is 5. The van der Waals surface area contributed by atoms with Crippen LogP contribution in [0.4, 0.5) is 10.5 Å². The summed E-state index contributed by atoms with van der Waals surface area (Å²) in [7, 11) is 0. The van der Waals surface area contributed by atoms with Crippen molar-refractivity contribution in [2.45, 2.75) is 6.61 Å². The Kier molecular flexibility index (Phi) is 6.91. The third-order valence-corrected chi connectivity index (χ3v) is 6.12. The van der Waals surface area contributed by atoms with Gasteiger partial charge in [-0.05, 0) is 70.0 Å². The molecule has 0 spiro atoms. The van der Waals surface area contributed by atoms with Gasteiger partial charge in [-0.15, -0.1) is 0 Å². The Morgan fingerprint density at radius 1 is 1.00 bits per heavy atom. The molecule has 0 saturated carbocycles. The minimum atomic E-state index is -0.808. The molecule has 1 heterocycles. The van der Waals surface area contributed by atoms with Gasteiger partial charge in [0.2, 0.25) is 0 Å². The van der Waals surface area contributed by atoms with E-state index >= 15 is 0 Å². The first kappa shape index (κ1) is 23.4. The third-order valence-electron chi connectivity index (χ3n) is 4.97. The molecule has 1 fully saturated rings. The van der Waals surface area contributed by atoms with Crippen molar-refractivity contribution in [3.8, 4) is 11.8 Å². The Labute approximate surface area is 211 Å². The number of rotatable bonds is 5. The fourth-order valence-electron chi connectivity index (χ4n) is 3.28. The summed E-state index contributed by atoms with van der Waals surface area (Å²) in [5.41, 5.74) is 2.01. The van der Waals surface area contributed by atoms with E-state index in [9.17, 15) is 19.6 Å². The van der Waals surface area contributed by atoms with Crippen LogP contribution in [0.1, 0.15) is 16.7 Å². The molecule has 0 atom stereocenters. The SMILES string of the molecule is N#Cc1ccccc1COc1ccc(/C=C2\C(=O)NC(=O)N(c3ccc(Br)cc3)C2=O)cc1Br. The topological polar surface area (TPSA) is 99.5 Å². The van der Waals surface area contributed by atoms with Crippen LogP contribution in [0.25, 0.3) is 6.08 Å². The number of nitrogens with one attached hydrogen (secondary N) is 1. The van der Waals surface area contributed by atoms with Crippen molar-refractivity contribution < 1.29 is 19.1 Å². The molecule has 0 unspecified atom stereocenters. The maximum Gasteiger partial charge on any atom is 0.335 e. The molecular weight excluding hydrogens is 566 g/mol. The average Bonchev–Trinajstić information content (AvgIpc) is 2.82. The van der Waals surface area contributed by atoms with E-state index in [1.54, 1.807) is 54.6 Å². The molecule has 3 aromatic rings. The van der Waals surface area contributed by atoms with Gasteiger partial charge in [0.05, 0.1) is 21.8 Å². The second kappa shape index (κ2) is 10.0. The van der Waals surface area contributed by atoms with Crippen LogP contribution in [-0.2, 0) is 16.2 Å². The number of carbonyl (C=O) groups is 3. The molecular formula is C25H15Br2N3O4. The van der Waals surface area contributed by atoms with E-state index in [0.29, 0.717) is 27.0 Å². The van der Waals surface area contributed by atoms with E-state index in [4.69, 9.17) is 4.74 Å². The third kappa shape index (κ3) is 4.93. The quantitative estimate of drug-likeness (QED) is 0.325. The number of benzene rings is 3. The zero-order chi connectivity index (χ0) is 24.2. The van der Waals surface area contributed by atoms with E-state index in [1.165, 1.54) is 6.08 Å². The molecule has 4 rings (SSSR count). The van der Waals surface area contributed by atoms with E-state index in [0.717, 1.165) is 14.9 Å². The lowest BCUT2D eigenvalue weighted by molar-refractivity contribution is -0.122. The lowest BCUT2D eigenvalue weighted by atomic mass is 10.1. The molecule has 34 heavy (non-hydrogen) atoms. The Morgan fingerprint density at radius 2 is 1.74 bits per heavy atom. The van der Waals surface area contributed by atoms with Gasteiger partial charge < -0.3 is 4.74 Å². The number of anilines is 1. The molecule has 0 radical (unpaired) electrons. The van der Waals surface area contributed by atoms with Crippen molar-refractivity contribution >= 4 is 61.5 Å². The summed E-state index contributed by atoms with van der Waals surface area (Å²) >= 11 is 6.75. The van der Waals surface area contributed by atoms with Crippen LogP contribution >= 0.6 is 31.9 Å². The van der Waals surface area contributed by atoms with E-state index in [-0.39, 0.29) is 12.2 Å². The number of halogens is 2. The second-order valence-electron chi connectivity index (χ2n) is 7.18. The van der Waals surface area contributed by atoms with Crippen LogP contribution < -0.4 is 15.0 Å². The van der Waals surface area contributed by atoms with Crippen molar-refractivity contribution in [1.29, 1.82) is 5.26 Å². The molecule has 7 nitrogen and oxygen atoms in total. The molecule has 3 aromatic carbocycles. The van der Waals surface area contributed by atoms with Crippen LogP contribution in [0.5, 0.6) is 5.75 Å². The van der Waals surface area contributed by atoms with Crippen molar-refractivity contribution in [3.05, 3.63) is 97.9 Å². The minimum absolute atomic E-state index is 0.175. The number of carbonyl (C=O) groups excluding carboxylic acids is 3. The molecule has 0 aliphatic carbocycles. The number of nitriles is 1. The highest BCUT2D eigenvalue weighted by atomic mass is 79.9. The summed E-state index contributed by atoms with van der Waals surface area (Å²) < 4.78 is 7.22. The van der Waals surface area contributed by atoms with Gasteiger partial charge >= 0.3 is 6.03 Å². The summed E-state index contributed by atoms with van der Waals surface area (Å²) in [6.45, 7) is 0.202. The first-order valence-corrected chi connectivity index (χ1v) is 11.5. The van der Waals surface area contributed by atoms with Crippen molar-refractivity contribution in [2.24, 2.45) is 0 Å². The number of nitrogens with zero attached hydrogens (tertiary/aromatic N) is 2. The number of ether oxygens (including phenoxy) is 1. The maximum absolute atomic E-state index is 13.0. The molecule has 1 N–H and O–H groups in total. The monoisotopic (exact) mass is 579 g/mol. The van der Waals surface area contributed by atoms with Crippen molar-refractivity contribution in [1.82, 2.24) is 5.32 Å². The molecule has 1 aliphatic rings. The highest BCUT2D eigenvalue weighted by Crippen LogP contribution is 2.29. The van der Waals surface area contributed by atoms with Crippen molar-refractivity contribution in [2.75, 3.05) is 4.90 Å². The van der Waals surface area contributed by atoms with Crippen molar-refractivity contribution in [3.63, 3.8) is 0 Å². The summed E-state index contributed by atoms with van der Waals surface area (Å²) in [4.78, 5) is 38.7. The molecule has 9 heteroatoms. The predicted octanol–water partition coefficient (Wildman–Crippen LogP) is 5.33. The molecule has 1 aliphatic heterocycles. The average molecular weight is 581 g/mol. The largest absolute Gasteiger partial charge is 0.488 e. The number of imide groups is 2. The van der Waals surface area contributed by atoms with Gasteiger partial charge in [0.25, 0.3) is 11.8 Å². The van der Waals surface area contributed by atoms with Crippen LogP contribution in [0.3, 0.4) is 0 Å². The Bertz CT molecular complexity index is 1380. The van der Waals surface area contributed by atoms with Gasteiger partial charge in [-0.3, -0.25) is 14.9 Å².